The highest BCUT2D eigenvalue weighted by molar-refractivity contribution is 5.92. The second-order valence-electron chi connectivity index (χ2n) is 18.7. The fourth-order valence-electron chi connectivity index (χ4n) is 9.04. The highest BCUT2D eigenvalue weighted by Gasteiger charge is 2.15. The van der Waals surface area contributed by atoms with Crippen LogP contribution < -0.4 is 15.8 Å². The number of fused-ring (bicyclic) bond motifs is 1. The molecule has 0 aromatic heterocycles. The molecule has 0 heterocycles. The van der Waals surface area contributed by atoms with E-state index in [4.69, 9.17) is 6.58 Å². The summed E-state index contributed by atoms with van der Waals surface area (Å²) in [5.41, 5.74) is 21.4. The first kappa shape index (κ1) is 51.1. The Balaban J connectivity index is 1.29. The van der Waals surface area contributed by atoms with Crippen molar-refractivity contribution in [3.63, 3.8) is 0 Å². The third-order valence-corrected chi connectivity index (χ3v) is 13.9. The van der Waals surface area contributed by atoms with Crippen molar-refractivity contribution in [2.45, 2.75) is 81.1 Å². The van der Waals surface area contributed by atoms with Crippen molar-refractivity contribution < 1.29 is 0 Å². The van der Waals surface area contributed by atoms with E-state index < -0.39 is 0 Å². The molecule has 0 bridgehead atoms. The second-order valence-corrected chi connectivity index (χ2v) is 18.7. The monoisotopic (exact) mass is 926 g/mol. The Bertz CT molecular complexity index is 3320. The second kappa shape index (κ2) is 24.7. The fourth-order valence-corrected chi connectivity index (χ4v) is 9.04. The van der Waals surface area contributed by atoms with Crippen LogP contribution in [0.1, 0.15) is 97.5 Å². The molecule has 0 aliphatic heterocycles. The standard InChI is InChI=1S/C70H71N/c1-11-56-32-36-58(37-33-56)24-22-30-63(42-40-61-27-19-18-26-60(61)25-17-15-14-16-23-49(4)54(9)51(6)45-59-38-34-57(12-2)35-39-59)69-50(5)31-44-68(70(69)71-66-46-52(7)55(10)53(8)47-66)67(13-3)65-43-41-62-28-20-21-29-64(62)48-65/h13-17,19-25,27-48,71H,3,5,11-12,18,26H2,1-2,4,6-10H3/b15-14+,23-16+,24-22+,25-17+,42-40-,51-45-,54-49-,63-30-,68-67+. The molecule has 71 heavy (non-hydrogen) atoms. The van der Waals surface area contributed by atoms with E-state index in [2.05, 4.69) is 268 Å². The third kappa shape index (κ3) is 13.3. The lowest BCUT2D eigenvalue weighted by molar-refractivity contribution is 0.978. The van der Waals surface area contributed by atoms with Gasteiger partial charge in [0.1, 0.15) is 0 Å². The third-order valence-electron chi connectivity index (χ3n) is 13.9. The van der Waals surface area contributed by atoms with Crippen molar-refractivity contribution in [2.75, 3.05) is 5.32 Å². The van der Waals surface area contributed by atoms with Crippen molar-refractivity contribution in [1.82, 2.24) is 0 Å². The van der Waals surface area contributed by atoms with Crippen LogP contribution in [0.15, 0.2) is 229 Å². The molecule has 6 aromatic rings. The molecule has 356 valence electrons. The van der Waals surface area contributed by atoms with Gasteiger partial charge >= 0.3 is 0 Å². The van der Waals surface area contributed by atoms with Crippen LogP contribution in [0.25, 0.3) is 40.6 Å². The molecule has 0 saturated heterocycles. The number of nitrogens with one attached hydrogen (secondary N) is 1. The highest BCUT2D eigenvalue weighted by atomic mass is 14.9. The Morgan fingerprint density at radius 3 is 2.03 bits per heavy atom. The summed E-state index contributed by atoms with van der Waals surface area (Å²) in [6.07, 6.45) is 37.0. The van der Waals surface area contributed by atoms with E-state index in [0.29, 0.717) is 0 Å². The van der Waals surface area contributed by atoms with Gasteiger partial charge in [0.2, 0.25) is 0 Å². The Morgan fingerprint density at radius 1 is 0.662 bits per heavy atom. The lowest BCUT2D eigenvalue weighted by Gasteiger charge is -2.19. The number of allylic oxidation sites excluding steroid dienone is 19. The summed E-state index contributed by atoms with van der Waals surface area (Å²) in [5, 5.41) is 8.35. The number of benzene rings is 6. The number of hydrogen-bond donors (Lipinski definition) is 1. The van der Waals surface area contributed by atoms with Gasteiger partial charge in [-0.1, -0.05) is 215 Å². The number of anilines is 2. The SMILES string of the molecule is C=C/C(c1ccc2ccccc2c1)=c1/ccc(=C)c(C(/C=C\C2=C(/C=C/C=C/C=C/C(C)=C(C)\C(C)=C/c3ccc(CC)cc3)CCC=C2)=C\C=C\c2ccc(CC)cc2)c1Nc1cc(C)c(C)c(C)c1. The Kier molecular flexibility index (Phi) is 17.8. The minimum absolute atomic E-state index is 0.926. The lowest BCUT2D eigenvalue weighted by atomic mass is 9.92. The van der Waals surface area contributed by atoms with Crippen LogP contribution in [0.2, 0.25) is 0 Å². The zero-order valence-corrected chi connectivity index (χ0v) is 43.4. The molecule has 6 aromatic carbocycles. The fraction of sp³-hybridized carbons (Fsp3) is 0.171. The average molecular weight is 926 g/mol. The molecule has 0 saturated carbocycles. The van der Waals surface area contributed by atoms with E-state index in [0.717, 1.165) is 75.3 Å². The summed E-state index contributed by atoms with van der Waals surface area (Å²) >= 11 is 0. The van der Waals surface area contributed by atoms with Gasteiger partial charge in [0, 0.05) is 16.5 Å². The maximum absolute atomic E-state index is 4.71. The van der Waals surface area contributed by atoms with Crippen molar-refractivity contribution in [3.05, 3.63) is 289 Å². The first-order valence-corrected chi connectivity index (χ1v) is 25.3. The van der Waals surface area contributed by atoms with Crippen LogP contribution in [0.4, 0.5) is 11.4 Å². The molecule has 0 unspecified atom stereocenters. The van der Waals surface area contributed by atoms with E-state index in [1.165, 1.54) is 72.0 Å². The molecule has 1 aliphatic rings. The minimum Gasteiger partial charge on any atom is -0.354 e. The topological polar surface area (TPSA) is 12.0 Å². The molecule has 1 heteroatoms. The lowest BCUT2D eigenvalue weighted by Crippen LogP contribution is -2.21. The van der Waals surface area contributed by atoms with Crippen molar-refractivity contribution in [1.29, 1.82) is 0 Å². The van der Waals surface area contributed by atoms with Crippen LogP contribution >= 0.6 is 0 Å². The van der Waals surface area contributed by atoms with E-state index in [-0.39, 0.29) is 0 Å². The normalized spacial score (nSPS) is 14.5. The smallest absolute Gasteiger partial charge is 0.0549 e. The Morgan fingerprint density at radius 2 is 1.34 bits per heavy atom. The first-order valence-electron chi connectivity index (χ1n) is 25.3. The molecule has 0 amide bonds. The van der Waals surface area contributed by atoms with Crippen LogP contribution in [0.5, 0.6) is 0 Å². The summed E-state index contributed by atoms with van der Waals surface area (Å²) < 4.78 is 0. The molecule has 0 fully saturated rings. The molecule has 0 atom stereocenters. The van der Waals surface area contributed by atoms with Gasteiger partial charge in [0.15, 0.2) is 0 Å². The van der Waals surface area contributed by atoms with Gasteiger partial charge in [-0.05, 0) is 185 Å². The van der Waals surface area contributed by atoms with Crippen LogP contribution in [0.3, 0.4) is 0 Å². The molecule has 0 spiro atoms. The van der Waals surface area contributed by atoms with Crippen LogP contribution in [0, 0.1) is 20.8 Å². The summed E-state index contributed by atoms with van der Waals surface area (Å²) in [5.74, 6) is 0. The summed E-state index contributed by atoms with van der Waals surface area (Å²) in [4.78, 5) is 0. The van der Waals surface area contributed by atoms with Gasteiger partial charge in [-0.2, -0.15) is 0 Å². The highest BCUT2D eigenvalue weighted by Crippen LogP contribution is 2.30. The predicted molar refractivity (Wildman–Crippen MR) is 314 cm³/mol. The average Bonchev–Trinajstić information content (AvgIpc) is 3.39. The minimum atomic E-state index is 0.926. The van der Waals surface area contributed by atoms with Gasteiger partial charge in [-0.25, -0.2) is 0 Å². The molecular formula is C70H71N. The summed E-state index contributed by atoms with van der Waals surface area (Å²) in [7, 11) is 0. The van der Waals surface area contributed by atoms with Crippen LogP contribution in [-0.2, 0) is 12.8 Å². The van der Waals surface area contributed by atoms with E-state index >= 15 is 0 Å². The van der Waals surface area contributed by atoms with Crippen LogP contribution in [-0.4, -0.2) is 0 Å². The maximum atomic E-state index is 4.71. The van der Waals surface area contributed by atoms with Crippen molar-refractivity contribution >= 4 is 52.0 Å². The van der Waals surface area contributed by atoms with Crippen molar-refractivity contribution in [3.8, 4) is 0 Å². The summed E-state index contributed by atoms with van der Waals surface area (Å²) in [6, 6.07) is 41.7. The Labute approximate surface area is 425 Å². The zero-order chi connectivity index (χ0) is 50.3. The van der Waals surface area contributed by atoms with Gasteiger partial charge < -0.3 is 5.32 Å². The first-order chi connectivity index (χ1) is 34.5. The molecule has 0 radical (unpaired) electrons. The number of hydrogen-bond acceptors (Lipinski definition) is 1. The van der Waals surface area contributed by atoms with Gasteiger partial charge in [-0.15, -0.1) is 0 Å². The maximum Gasteiger partial charge on any atom is 0.0549 e. The van der Waals surface area contributed by atoms with Gasteiger partial charge in [0.25, 0.3) is 0 Å². The number of rotatable bonds is 17. The molecular weight excluding hydrogens is 855 g/mol. The predicted octanol–water partition coefficient (Wildman–Crippen LogP) is 17.8. The molecule has 1 aliphatic carbocycles. The van der Waals surface area contributed by atoms with E-state index in [1.807, 2.05) is 6.08 Å². The molecule has 7 rings (SSSR count). The zero-order valence-electron chi connectivity index (χ0n) is 43.4. The largest absolute Gasteiger partial charge is 0.354 e. The van der Waals surface area contributed by atoms with Gasteiger partial charge in [-0.3, -0.25) is 0 Å². The Hall–Kier alpha value is -7.74. The quantitative estimate of drug-likeness (QED) is 0.0899. The van der Waals surface area contributed by atoms with E-state index in [1.54, 1.807) is 0 Å². The summed E-state index contributed by atoms with van der Waals surface area (Å²) in [6.45, 7) is 26.7. The van der Waals surface area contributed by atoms with E-state index in [9.17, 15) is 0 Å². The number of aryl methyl sites for hydroxylation is 4. The molecule has 1 nitrogen and oxygen atoms in total. The van der Waals surface area contributed by atoms with Crippen molar-refractivity contribution in [2.24, 2.45) is 0 Å². The van der Waals surface area contributed by atoms with Gasteiger partial charge in [0.05, 0.1) is 5.69 Å². The molecule has 1 N–H and O–H groups in total.